The topological polar surface area (TPSA) is 52.4 Å². The monoisotopic (exact) mass is 297 g/mol. The molecular formula is C15H20ClNO3. The van der Waals surface area contributed by atoms with E-state index in [1.165, 1.54) is 25.0 Å². The van der Waals surface area contributed by atoms with Gasteiger partial charge in [0, 0.05) is 24.1 Å². The number of hydrogen-bond acceptors (Lipinski definition) is 3. The first-order chi connectivity index (χ1) is 9.65. The minimum Gasteiger partial charge on any atom is -0.378 e. The number of alkyl halides is 1. The zero-order valence-electron chi connectivity index (χ0n) is 11.5. The van der Waals surface area contributed by atoms with Crippen LogP contribution in [0.4, 0.5) is 5.69 Å². The van der Waals surface area contributed by atoms with Crippen LogP contribution < -0.4 is 0 Å². The number of nitrogens with zero attached hydrogens (tertiary/aromatic N) is 1. The van der Waals surface area contributed by atoms with Crippen molar-refractivity contribution in [2.75, 3.05) is 6.61 Å². The van der Waals surface area contributed by atoms with E-state index in [9.17, 15) is 10.1 Å². The van der Waals surface area contributed by atoms with Crippen LogP contribution in [0.1, 0.15) is 37.7 Å². The minimum absolute atomic E-state index is 0.0574. The maximum atomic E-state index is 10.6. The lowest BCUT2D eigenvalue weighted by atomic mass is 10.0. The van der Waals surface area contributed by atoms with Crippen LogP contribution in [0.2, 0.25) is 0 Å². The van der Waals surface area contributed by atoms with Gasteiger partial charge in [0.2, 0.25) is 0 Å². The van der Waals surface area contributed by atoms with Crippen LogP contribution in [-0.2, 0) is 11.2 Å². The Morgan fingerprint density at radius 3 is 2.70 bits per heavy atom. The molecule has 2 unspecified atom stereocenters. The van der Waals surface area contributed by atoms with E-state index < -0.39 is 0 Å². The van der Waals surface area contributed by atoms with Gasteiger partial charge in [-0.25, -0.2) is 0 Å². The Hall–Kier alpha value is -1.13. The highest BCUT2D eigenvalue weighted by molar-refractivity contribution is 6.20. The molecule has 1 aromatic rings. The standard InChI is InChI=1S/C15H20ClNO3/c16-13(6-9-15-3-1-2-10-20-15)11-12-4-7-14(8-5-12)17(18)19/h4-5,7-8,13,15H,1-3,6,9-11H2. The molecule has 5 heteroatoms. The van der Waals surface area contributed by atoms with Crippen molar-refractivity contribution in [3.05, 3.63) is 39.9 Å². The summed E-state index contributed by atoms with van der Waals surface area (Å²) in [6.07, 6.45) is 6.59. The molecule has 0 radical (unpaired) electrons. The van der Waals surface area contributed by atoms with Crippen molar-refractivity contribution in [3.63, 3.8) is 0 Å². The van der Waals surface area contributed by atoms with E-state index in [1.54, 1.807) is 12.1 Å². The lowest BCUT2D eigenvalue weighted by molar-refractivity contribution is -0.384. The summed E-state index contributed by atoms with van der Waals surface area (Å²) in [7, 11) is 0. The van der Waals surface area contributed by atoms with Gasteiger partial charge in [-0.2, -0.15) is 0 Å². The largest absolute Gasteiger partial charge is 0.378 e. The lowest BCUT2D eigenvalue weighted by Crippen LogP contribution is -2.20. The molecule has 1 aliphatic rings. The van der Waals surface area contributed by atoms with E-state index in [-0.39, 0.29) is 16.0 Å². The Kier molecular flexibility index (Phi) is 5.80. The van der Waals surface area contributed by atoms with Crippen molar-refractivity contribution in [2.24, 2.45) is 0 Å². The van der Waals surface area contributed by atoms with Gasteiger partial charge in [0.25, 0.3) is 5.69 Å². The second-order valence-corrected chi connectivity index (χ2v) is 5.91. The van der Waals surface area contributed by atoms with Crippen molar-refractivity contribution in [1.82, 2.24) is 0 Å². The van der Waals surface area contributed by atoms with E-state index in [1.807, 2.05) is 0 Å². The van der Waals surface area contributed by atoms with Gasteiger partial charge in [-0.1, -0.05) is 12.1 Å². The van der Waals surface area contributed by atoms with Crippen LogP contribution in [0, 0.1) is 10.1 Å². The molecule has 1 aromatic carbocycles. The summed E-state index contributed by atoms with van der Waals surface area (Å²) in [6.45, 7) is 0.875. The molecule has 4 nitrogen and oxygen atoms in total. The quantitative estimate of drug-likeness (QED) is 0.451. The molecule has 1 aliphatic heterocycles. The number of nitro groups is 1. The number of hydrogen-bond donors (Lipinski definition) is 0. The average Bonchev–Trinajstić information content (AvgIpc) is 2.47. The molecular weight excluding hydrogens is 278 g/mol. The summed E-state index contributed by atoms with van der Waals surface area (Å²) in [4.78, 5) is 10.2. The zero-order chi connectivity index (χ0) is 14.4. The minimum atomic E-state index is -0.387. The molecule has 2 rings (SSSR count). The number of ether oxygens (including phenoxy) is 1. The fourth-order valence-electron chi connectivity index (χ4n) is 2.51. The van der Waals surface area contributed by atoms with Crippen LogP contribution in [-0.4, -0.2) is 23.0 Å². The molecule has 0 spiro atoms. The van der Waals surface area contributed by atoms with Gasteiger partial charge < -0.3 is 4.74 Å². The number of rotatable bonds is 6. The Morgan fingerprint density at radius 1 is 1.35 bits per heavy atom. The fraction of sp³-hybridized carbons (Fsp3) is 0.600. The molecule has 1 saturated heterocycles. The average molecular weight is 298 g/mol. The zero-order valence-corrected chi connectivity index (χ0v) is 12.2. The van der Waals surface area contributed by atoms with E-state index in [4.69, 9.17) is 16.3 Å². The second kappa shape index (κ2) is 7.60. The van der Waals surface area contributed by atoms with Gasteiger partial charge in [-0.3, -0.25) is 10.1 Å². The first-order valence-corrected chi connectivity index (χ1v) is 7.58. The molecule has 1 heterocycles. The predicted octanol–water partition coefficient (Wildman–Crippen LogP) is 4.09. The third kappa shape index (κ3) is 4.76. The first kappa shape index (κ1) is 15.3. The van der Waals surface area contributed by atoms with Gasteiger partial charge in [-0.05, 0) is 44.1 Å². The second-order valence-electron chi connectivity index (χ2n) is 5.29. The van der Waals surface area contributed by atoms with Crippen LogP contribution in [0.15, 0.2) is 24.3 Å². The smallest absolute Gasteiger partial charge is 0.269 e. The molecule has 0 aromatic heterocycles. The summed E-state index contributed by atoms with van der Waals surface area (Å²) in [6, 6.07) is 6.63. The maximum Gasteiger partial charge on any atom is 0.269 e. The Labute approximate surface area is 124 Å². The van der Waals surface area contributed by atoms with E-state index >= 15 is 0 Å². The Balaban J connectivity index is 1.75. The van der Waals surface area contributed by atoms with Gasteiger partial charge in [0.1, 0.15) is 0 Å². The molecule has 0 aliphatic carbocycles. The van der Waals surface area contributed by atoms with Gasteiger partial charge in [0.05, 0.1) is 11.0 Å². The summed E-state index contributed by atoms with van der Waals surface area (Å²) >= 11 is 6.35. The predicted molar refractivity (Wildman–Crippen MR) is 79.3 cm³/mol. The molecule has 1 fully saturated rings. The molecule has 0 N–H and O–H groups in total. The molecule has 0 bridgehead atoms. The van der Waals surface area contributed by atoms with Gasteiger partial charge >= 0.3 is 0 Å². The third-order valence-corrected chi connectivity index (χ3v) is 4.05. The van der Waals surface area contributed by atoms with Gasteiger partial charge in [-0.15, -0.1) is 11.6 Å². The van der Waals surface area contributed by atoms with Crippen molar-refractivity contribution in [3.8, 4) is 0 Å². The number of benzene rings is 1. The summed E-state index contributed by atoms with van der Waals surface area (Å²) in [5.74, 6) is 0. The van der Waals surface area contributed by atoms with Crippen LogP contribution in [0.25, 0.3) is 0 Å². The molecule has 2 atom stereocenters. The van der Waals surface area contributed by atoms with E-state index in [0.29, 0.717) is 6.10 Å². The third-order valence-electron chi connectivity index (χ3n) is 3.68. The normalized spacial score (nSPS) is 20.6. The lowest BCUT2D eigenvalue weighted by Gasteiger charge is -2.23. The van der Waals surface area contributed by atoms with Crippen molar-refractivity contribution >= 4 is 17.3 Å². The van der Waals surface area contributed by atoms with Crippen LogP contribution in [0.5, 0.6) is 0 Å². The number of halogens is 1. The summed E-state index contributed by atoms with van der Waals surface area (Å²) < 4.78 is 5.69. The summed E-state index contributed by atoms with van der Waals surface area (Å²) in [5.41, 5.74) is 1.16. The molecule has 110 valence electrons. The summed E-state index contributed by atoms with van der Waals surface area (Å²) in [5, 5.41) is 10.6. The molecule has 0 saturated carbocycles. The molecule has 20 heavy (non-hydrogen) atoms. The van der Waals surface area contributed by atoms with Crippen molar-refractivity contribution in [1.29, 1.82) is 0 Å². The number of nitro benzene ring substituents is 1. The fourth-order valence-corrected chi connectivity index (χ4v) is 2.82. The first-order valence-electron chi connectivity index (χ1n) is 7.14. The van der Waals surface area contributed by atoms with Crippen molar-refractivity contribution < 1.29 is 9.66 Å². The van der Waals surface area contributed by atoms with E-state index in [0.717, 1.165) is 37.9 Å². The van der Waals surface area contributed by atoms with Gasteiger partial charge in [0.15, 0.2) is 0 Å². The maximum absolute atomic E-state index is 10.6. The SMILES string of the molecule is O=[N+]([O-])c1ccc(CC(Cl)CCC2CCCCO2)cc1. The Morgan fingerprint density at radius 2 is 2.10 bits per heavy atom. The highest BCUT2D eigenvalue weighted by Gasteiger charge is 2.16. The number of non-ortho nitro benzene ring substituents is 1. The van der Waals surface area contributed by atoms with E-state index in [2.05, 4.69) is 0 Å². The Bertz CT molecular complexity index is 429. The highest BCUT2D eigenvalue weighted by atomic mass is 35.5. The van der Waals surface area contributed by atoms with Crippen LogP contribution in [0.3, 0.4) is 0 Å². The van der Waals surface area contributed by atoms with Crippen LogP contribution >= 0.6 is 11.6 Å². The van der Waals surface area contributed by atoms with Crippen molar-refractivity contribution in [2.45, 2.75) is 50.0 Å². The molecule has 0 amide bonds. The highest BCUT2D eigenvalue weighted by Crippen LogP contribution is 2.21.